The molecule has 4 N–H and O–H groups in total. The van der Waals surface area contributed by atoms with Crippen LogP contribution in [0.15, 0.2) is 6.07 Å². The molecule has 2 aromatic heterocycles. The SMILES string of the molecule is CCC(C)(CC)Nc1nc(NN)nc2sc(C)cc12. The Morgan fingerprint density at radius 3 is 2.58 bits per heavy atom. The fraction of sp³-hybridized carbons (Fsp3) is 0.538. The Kier molecular flexibility index (Phi) is 3.91. The van der Waals surface area contributed by atoms with Crippen LogP contribution in [0.3, 0.4) is 0 Å². The monoisotopic (exact) mass is 279 g/mol. The fourth-order valence-corrected chi connectivity index (χ4v) is 2.79. The predicted molar refractivity (Wildman–Crippen MR) is 82.6 cm³/mol. The maximum Gasteiger partial charge on any atom is 0.240 e. The molecule has 0 bridgehead atoms. The zero-order chi connectivity index (χ0) is 14.0. The van der Waals surface area contributed by atoms with E-state index in [2.05, 4.69) is 54.5 Å². The molecule has 0 aromatic carbocycles. The van der Waals surface area contributed by atoms with Gasteiger partial charge in [-0.15, -0.1) is 11.3 Å². The van der Waals surface area contributed by atoms with Gasteiger partial charge in [0.05, 0.1) is 5.39 Å². The highest BCUT2D eigenvalue weighted by molar-refractivity contribution is 7.18. The lowest BCUT2D eigenvalue weighted by molar-refractivity contribution is 0.477. The van der Waals surface area contributed by atoms with Gasteiger partial charge in [-0.05, 0) is 32.8 Å². The largest absolute Gasteiger partial charge is 0.364 e. The molecule has 0 unspecified atom stereocenters. The number of aryl methyl sites for hydroxylation is 1. The molecule has 0 atom stereocenters. The lowest BCUT2D eigenvalue weighted by Crippen LogP contribution is -2.33. The molecule has 104 valence electrons. The highest BCUT2D eigenvalue weighted by atomic mass is 32.1. The average molecular weight is 279 g/mol. The van der Waals surface area contributed by atoms with E-state index in [0.29, 0.717) is 5.95 Å². The van der Waals surface area contributed by atoms with E-state index >= 15 is 0 Å². The van der Waals surface area contributed by atoms with Gasteiger partial charge in [-0.1, -0.05) is 13.8 Å². The third-order valence-electron chi connectivity index (χ3n) is 3.63. The number of fused-ring (bicyclic) bond motifs is 1. The number of hydrogen-bond acceptors (Lipinski definition) is 6. The molecule has 2 heterocycles. The summed E-state index contributed by atoms with van der Waals surface area (Å²) in [5.41, 5.74) is 2.57. The van der Waals surface area contributed by atoms with Crippen LogP contribution in [0.5, 0.6) is 0 Å². The van der Waals surface area contributed by atoms with Crippen molar-refractivity contribution in [1.82, 2.24) is 9.97 Å². The van der Waals surface area contributed by atoms with E-state index in [4.69, 9.17) is 5.84 Å². The summed E-state index contributed by atoms with van der Waals surface area (Å²) in [5.74, 6) is 6.75. The van der Waals surface area contributed by atoms with Crippen LogP contribution in [0.4, 0.5) is 11.8 Å². The first-order valence-corrected chi connectivity index (χ1v) is 7.36. The van der Waals surface area contributed by atoms with Gasteiger partial charge < -0.3 is 5.32 Å². The molecule has 0 saturated carbocycles. The number of hydrazine groups is 1. The van der Waals surface area contributed by atoms with E-state index in [1.54, 1.807) is 11.3 Å². The summed E-state index contributed by atoms with van der Waals surface area (Å²) in [7, 11) is 0. The first-order chi connectivity index (χ1) is 9.01. The van der Waals surface area contributed by atoms with Gasteiger partial charge in [0.25, 0.3) is 0 Å². The highest BCUT2D eigenvalue weighted by Crippen LogP contribution is 2.32. The molecule has 0 amide bonds. The van der Waals surface area contributed by atoms with Crippen molar-refractivity contribution in [2.45, 2.75) is 46.1 Å². The zero-order valence-electron chi connectivity index (χ0n) is 11.9. The Hall–Kier alpha value is -1.40. The number of nitrogen functional groups attached to an aromatic ring is 1. The molecule has 0 saturated heterocycles. The van der Waals surface area contributed by atoms with E-state index < -0.39 is 0 Å². The lowest BCUT2D eigenvalue weighted by atomic mass is 9.95. The standard InChI is InChI=1S/C13H21N5S/c1-5-13(4,6-2)17-10-9-7-8(3)19-11(9)16-12(15-10)18-14/h7H,5-6,14H2,1-4H3,(H2,15,16,17,18). The first-order valence-electron chi connectivity index (χ1n) is 6.54. The van der Waals surface area contributed by atoms with Gasteiger partial charge in [0, 0.05) is 10.4 Å². The summed E-state index contributed by atoms with van der Waals surface area (Å²) in [6.07, 6.45) is 2.06. The van der Waals surface area contributed by atoms with Crippen LogP contribution in [0.25, 0.3) is 10.2 Å². The Morgan fingerprint density at radius 1 is 1.32 bits per heavy atom. The van der Waals surface area contributed by atoms with Crippen molar-refractivity contribution >= 4 is 33.3 Å². The first kappa shape index (κ1) is 14.0. The van der Waals surface area contributed by atoms with Crippen molar-refractivity contribution in [1.29, 1.82) is 0 Å². The van der Waals surface area contributed by atoms with Crippen molar-refractivity contribution in [3.63, 3.8) is 0 Å². The smallest absolute Gasteiger partial charge is 0.240 e. The summed E-state index contributed by atoms with van der Waals surface area (Å²) in [4.78, 5) is 11.0. The molecular formula is C13H21N5S. The number of aromatic nitrogens is 2. The molecule has 0 aliphatic heterocycles. The molecule has 5 nitrogen and oxygen atoms in total. The molecule has 6 heteroatoms. The van der Waals surface area contributed by atoms with E-state index in [-0.39, 0.29) is 5.54 Å². The van der Waals surface area contributed by atoms with Gasteiger partial charge in [-0.2, -0.15) is 4.98 Å². The zero-order valence-corrected chi connectivity index (χ0v) is 12.7. The summed E-state index contributed by atoms with van der Waals surface area (Å²) >= 11 is 1.65. The van der Waals surface area contributed by atoms with Crippen molar-refractivity contribution in [3.8, 4) is 0 Å². The summed E-state index contributed by atoms with van der Waals surface area (Å²) < 4.78 is 0. The molecule has 2 rings (SSSR count). The minimum atomic E-state index is 0.0307. The normalized spacial score (nSPS) is 11.8. The van der Waals surface area contributed by atoms with Crippen LogP contribution in [0.1, 0.15) is 38.5 Å². The van der Waals surface area contributed by atoms with Crippen molar-refractivity contribution in [2.75, 3.05) is 10.7 Å². The molecule has 2 aromatic rings. The second kappa shape index (κ2) is 5.30. The van der Waals surface area contributed by atoms with Crippen LogP contribution in [0.2, 0.25) is 0 Å². The van der Waals surface area contributed by atoms with Crippen molar-refractivity contribution in [3.05, 3.63) is 10.9 Å². The second-order valence-corrected chi connectivity index (χ2v) is 6.24. The maximum absolute atomic E-state index is 5.45. The average Bonchev–Trinajstić information content (AvgIpc) is 2.79. The maximum atomic E-state index is 5.45. The van der Waals surface area contributed by atoms with Gasteiger partial charge in [0.15, 0.2) is 0 Å². The van der Waals surface area contributed by atoms with E-state index in [9.17, 15) is 0 Å². The molecule has 0 spiro atoms. The summed E-state index contributed by atoms with van der Waals surface area (Å²) in [6.45, 7) is 8.63. The topological polar surface area (TPSA) is 75.9 Å². The Morgan fingerprint density at radius 2 is 2.00 bits per heavy atom. The lowest BCUT2D eigenvalue weighted by Gasteiger charge is -2.29. The van der Waals surface area contributed by atoms with Gasteiger partial charge in [0.1, 0.15) is 10.6 Å². The minimum absolute atomic E-state index is 0.0307. The molecule has 0 aliphatic rings. The number of hydrogen-bond donors (Lipinski definition) is 3. The van der Waals surface area contributed by atoms with E-state index in [0.717, 1.165) is 28.9 Å². The third kappa shape index (κ3) is 2.79. The van der Waals surface area contributed by atoms with Crippen LogP contribution in [-0.4, -0.2) is 15.5 Å². The van der Waals surface area contributed by atoms with Gasteiger partial charge in [-0.3, -0.25) is 5.43 Å². The summed E-state index contributed by atoms with van der Waals surface area (Å²) in [6, 6.07) is 2.12. The van der Waals surface area contributed by atoms with Gasteiger partial charge in [0.2, 0.25) is 5.95 Å². The van der Waals surface area contributed by atoms with Crippen LogP contribution in [-0.2, 0) is 0 Å². The Balaban J connectivity index is 2.51. The quantitative estimate of drug-likeness (QED) is 0.578. The highest BCUT2D eigenvalue weighted by Gasteiger charge is 2.22. The number of rotatable bonds is 5. The Labute approximate surface area is 117 Å². The van der Waals surface area contributed by atoms with Gasteiger partial charge >= 0.3 is 0 Å². The van der Waals surface area contributed by atoms with E-state index in [1.165, 1.54) is 4.88 Å². The van der Waals surface area contributed by atoms with Crippen LogP contribution in [0, 0.1) is 6.92 Å². The summed E-state index contributed by atoms with van der Waals surface area (Å²) in [5, 5.41) is 4.61. The minimum Gasteiger partial charge on any atom is -0.364 e. The molecule has 0 radical (unpaired) electrons. The van der Waals surface area contributed by atoms with Crippen LogP contribution < -0.4 is 16.6 Å². The molecular weight excluding hydrogens is 258 g/mol. The number of anilines is 2. The number of thiophene rings is 1. The predicted octanol–water partition coefficient (Wildman–Crippen LogP) is 3.28. The van der Waals surface area contributed by atoms with Crippen molar-refractivity contribution in [2.24, 2.45) is 5.84 Å². The molecule has 0 fully saturated rings. The number of nitrogens with one attached hydrogen (secondary N) is 2. The van der Waals surface area contributed by atoms with E-state index in [1.807, 2.05) is 0 Å². The molecule has 19 heavy (non-hydrogen) atoms. The van der Waals surface area contributed by atoms with Crippen molar-refractivity contribution < 1.29 is 0 Å². The fourth-order valence-electron chi connectivity index (χ4n) is 1.91. The Bertz CT molecular complexity index is 574. The molecule has 0 aliphatic carbocycles. The number of nitrogens with two attached hydrogens (primary N) is 1. The van der Waals surface area contributed by atoms with Crippen LogP contribution >= 0.6 is 11.3 Å². The second-order valence-electron chi connectivity index (χ2n) is 5.01. The van der Waals surface area contributed by atoms with Gasteiger partial charge in [-0.25, -0.2) is 10.8 Å². The third-order valence-corrected chi connectivity index (χ3v) is 4.57. The number of nitrogens with zero attached hydrogens (tertiary/aromatic N) is 2.